The van der Waals surface area contributed by atoms with E-state index in [1.165, 1.54) is 11.0 Å². The van der Waals surface area contributed by atoms with Crippen LogP contribution in [0.1, 0.15) is 27.9 Å². The number of ether oxygens (including phenoxy) is 1. The largest absolute Gasteiger partial charge is 0.478 e. The van der Waals surface area contributed by atoms with Crippen molar-refractivity contribution in [3.05, 3.63) is 76.3 Å². The van der Waals surface area contributed by atoms with E-state index in [9.17, 15) is 9.90 Å². The highest BCUT2D eigenvalue weighted by atomic mass is 35.5. The number of hydrogen-bond acceptors (Lipinski definition) is 4. The van der Waals surface area contributed by atoms with E-state index >= 15 is 0 Å². The number of carboxylic acid groups (broad SMARTS) is 1. The molecule has 1 N–H and O–H groups in total. The standard InChI is InChI=1S/C24H20ClNO3S/c1-14-3-7-17(12-19(14)24(27)28)29-23-10-6-16-11-21(25)20(13-22(16)26-23)15-4-8-18(30-2)9-5-15/h3-5,7-9,11-13H,6,10H2,1-2H3,(H,27,28). The molecule has 152 valence electrons. The van der Waals surface area contributed by atoms with E-state index in [4.69, 9.17) is 16.3 Å². The summed E-state index contributed by atoms with van der Waals surface area (Å²) in [6, 6.07) is 17.3. The number of thioether (sulfide) groups is 1. The van der Waals surface area contributed by atoms with Crippen LogP contribution in [0.4, 0.5) is 5.69 Å². The van der Waals surface area contributed by atoms with E-state index in [0.29, 0.717) is 28.7 Å². The fourth-order valence-corrected chi connectivity index (χ4v) is 4.14. The number of aliphatic imine (C=N–C) groups is 1. The van der Waals surface area contributed by atoms with Gasteiger partial charge in [-0.3, -0.25) is 0 Å². The van der Waals surface area contributed by atoms with Gasteiger partial charge in [-0.15, -0.1) is 11.8 Å². The summed E-state index contributed by atoms with van der Waals surface area (Å²) in [7, 11) is 0. The Morgan fingerprint density at radius 2 is 1.87 bits per heavy atom. The van der Waals surface area contributed by atoms with Crippen molar-refractivity contribution in [3.8, 4) is 16.9 Å². The van der Waals surface area contributed by atoms with Crippen LogP contribution in [-0.4, -0.2) is 23.2 Å². The maximum atomic E-state index is 11.4. The number of benzene rings is 3. The summed E-state index contributed by atoms with van der Waals surface area (Å²) in [4.78, 5) is 17.3. The lowest BCUT2D eigenvalue weighted by Crippen LogP contribution is -2.14. The lowest BCUT2D eigenvalue weighted by atomic mass is 9.98. The van der Waals surface area contributed by atoms with Crippen molar-refractivity contribution < 1.29 is 14.6 Å². The molecule has 0 aliphatic carbocycles. The predicted octanol–water partition coefficient (Wildman–Crippen LogP) is 6.79. The van der Waals surface area contributed by atoms with Crippen molar-refractivity contribution in [1.29, 1.82) is 0 Å². The molecule has 0 fully saturated rings. The number of aromatic carboxylic acids is 1. The van der Waals surface area contributed by atoms with Crippen LogP contribution in [-0.2, 0) is 6.42 Å². The van der Waals surface area contributed by atoms with Gasteiger partial charge in [0.15, 0.2) is 5.90 Å². The van der Waals surface area contributed by atoms with Crippen LogP contribution in [0.3, 0.4) is 0 Å². The Bertz CT molecular complexity index is 1160. The van der Waals surface area contributed by atoms with Crippen molar-refractivity contribution in [3.63, 3.8) is 0 Å². The van der Waals surface area contributed by atoms with E-state index in [0.717, 1.165) is 28.8 Å². The molecule has 1 aliphatic heterocycles. The lowest BCUT2D eigenvalue weighted by Gasteiger charge is -2.18. The smallest absolute Gasteiger partial charge is 0.336 e. The number of rotatable bonds is 4. The monoisotopic (exact) mass is 437 g/mol. The van der Waals surface area contributed by atoms with Gasteiger partial charge in [-0.1, -0.05) is 29.8 Å². The van der Waals surface area contributed by atoms with Gasteiger partial charge >= 0.3 is 5.97 Å². The molecule has 0 saturated heterocycles. The molecule has 0 saturated carbocycles. The molecule has 0 atom stereocenters. The number of hydrogen-bond donors (Lipinski definition) is 1. The minimum Gasteiger partial charge on any atom is -0.478 e. The number of carboxylic acids is 1. The minimum atomic E-state index is -0.972. The van der Waals surface area contributed by atoms with Crippen LogP contribution < -0.4 is 4.74 Å². The zero-order valence-electron chi connectivity index (χ0n) is 16.6. The second-order valence-corrected chi connectivity index (χ2v) is 8.37. The van der Waals surface area contributed by atoms with Gasteiger partial charge in [0.05, 0.1) is 11.3 Å². The SMILES string of the molecule is CSc1ccc(-c2cc3c(cc2Cl)CCC(Oc2ccc(C)c(C(=O)O)c2)=N3)cc1. The van der Waals surface area contributed by atoms with Gasteiger partial charge in [-0.25, -0.2) is 9.79 Å². The molecule has 3 aromatic carbocycles. The first kappa shape index (κ1) is 20.5. The molecule has 1 aliphatic rings. The fourth-order valence-electron chi connectivity index (χ4n) is 3.44. The van der Waals surface area contributed by atoms with Gasteiger partial charge in [0.1, 0.15) is 5.75 Å². The molecule has 0 amide bonds. The number of nitrogens with zero attached hydrogens (tertiary/aromatic N) is 1. The molecule has 1 heterocycles. The van der Waals surface area contributed by atoms with Gasteiger partial charge in [-0.05, 0) is 72.7 Å². The summed E-state index contributed by atoms with van der Waals surface area (Å²) >= 11 is 8.25. The summed E-state index contributed by atoms with van der Waals surface area (Å²) in [6.45, 7) is 1.76. The molecule has 4 rings (SSSR count). The van der Waals surface area contributed by atoms with Crippen LogP contribution >= 0.6 is 23.4 Å². The van der Waals surface area contributed by atoms with Gasteiger partial charge in [-0.2, -0.15) is 0 Å². The Hall–Kier alpha value is -2.76. The molecule has 4 nitrogen and oxygen atoms in total. The Labute approximate surface area is 184 Å². The summed E-state index contributed by atoms with van der Waals surface area (Å²) in [6.07, 6.45) is 3.43. The van der Waals surface area contributed by atoms with Crippen LogP contribution in [0, 0.1) is 6.92 Å². The molecule has 30 heavy (non-hydrogen) atoms. The minimum absolute atomic E-state index is 0.229. The third-order valence-electron chi connectivity index (χ3n) is 5.10. The lowest BCUT2D eigenvalue weighted by molar-refractivity contribution is 0.0695. The van der Waals surface area contributed by atoms with Gasteiger partial charge < -0.3 is 9.84 Å². The summed E-state index contributed by atoms with van der Waals surface area (Å²) in [5, 5.41) is 10.0. The molecule has 3 aromatic rings. The average Bonchev–Trinajstić information content (AvgIpc) is 2.75. The molecule has 0 radical (unpaired) electrons. The first-order valence-corrected chi connectivity index (χ1v) is 11.1. The molecular formula is C24H20ClNO3S. The van der Waals surface area contributed by atoms with E-state index < -0.39 is 5.97 Å². The quantitative estimate of drug-likeness (QED) is 0.456. The first-order chi connectivity index (χ1) is 14.4. The van der Waals surface area contributed by atoms with Crippen LogP contribution in [0.25, 0.3) is 11.1 Å². The topological polar surface area (TPSA) is 58.9 Å². The van der Waals surface area contributed by atoms with E-state index in [2.05, 4.69) is 29.3 Å². The maximum Gasteiger partial charge on any atom is 0.336 e. The highest BCUT2D eigenvalue weighted by Crippen LogP contribution is 2.37. The molecule has 0 unspecified atom stereocenters. The first-order valence-electron chi connectivity index (χ1n) is 9.51. The summed E-state index contributed by atoms with van der Waals surface area (Å²) in [5.41, 5.74) is 4.79. The van der Waals surface area contributed by atoms with Crippen molar-refractivity contribution in [2.45, 2.75) is 24.7 Å². The molecular weight excluding hydrogens is 418 g/mol. The normalized spacial score (nSPS) is 12.8. The highest BCUT2D eigenvalue weighted by molar-refractivity contribution is 7.98. The van der Waals surface area contributed by atoms with E-state index in [1.54, 1.807) is 30.8 Å². The Balaban J connectivity index is 1.65. The second-order valence-electron chi connectivity index (χ2n) is 7.08. The molecule has 0 spiro atoms. The number of halogens is 1. The Morgan fingerprint density at radius 3 is 2.57 bits per heavy atom. The Kier molecular flexibility index (Phi) is 5.84. The number of carbonyl (C=O) groups is 1. The zero-order chi connectivity index (χ0) is 21.3. The van der Waals surface area contributed by atoms with Crippen molar-refractivity contribution in [1.82, 2.24) is 0 Å². The van der Waals surface area contributed by atoms with Crippen LogP contribution in [0.5, 0.6) is 5.75 Å². The number of aryl methyl sites for hydroxylation is 2. The molecule has 0 bridgehead atoms. The maximum absolute atomic E-state index is 11.4. The van der Waals surface area contributed by atoms with Gasteiger partial charge in [0.25, 0.3) is 0 Å². The second kappa shape index (κ2) is 8.54. The van der Waals surface area contributed by atoms with Crippen LogP contribution in [0.2, 0.25) is 5.02 Å². The van der Waals surface area contributed by atoms with E-state index in [1.807, 2.05) is 18.4 Å². The molecule has 6 heteroatoms. The highest BCUT2D eigenvalue weighted by Gasteiger charge is 2.18. The van der Waals surface area contributed by atoms with Gasteiger partial charge in [0, 0.05) is 21.9 Å². The van der Waals surface area contributed by atoms with Crippen molar-refractivity contribution >= 4 is 40.9 Å². The molecule has 0 aromatic heterocycles. The zero-order valence-corrected chi connectivity index (χ0v) is 18.2. The fraction of sp³-hybridized carbons (Fsp3) is 0.167. The van der Waals surface area contributed by atoms with Gasteiger partial charge in [0.2, 0.25) is 0 Å². The van der Waals surface area contributed by atoms with E-state index in [-0.39, 0.29) is 5.56 Å². The van der Waals surface area contributed by atoms with Crippen molar-refractivity contribution in [2.24, 2.45) is 4.99 Å². The summed E-state index contributed by atoms with van der Waals surface area (Å²) in [5.74, 6) is 0.0661. The van der Waals surface area contributed by atoms with Crippen molar-refractivity contribution in [2.75, 3.05) is 6.26 Å². The third kappa shape index (κ3) is 4.23. The van der Waals surface area contributed by atoms with Crippen LogP contribution in [0.15, 0.2) is 64.5 Å². The number of fused-ring (bicyclic) bond motifs is 1. The Morgan fingerprint density at radius 1 is 1.10 bits per heavy atom. The predicted molar refractivity (Wildman–Crippen MR) is 123 cm³/mol. The third-order valence-corrected chi connectivity index (χ3v) is 6.15. The summed E-state index contributed by atoms with van der Waals surface area (Å²) < 4.78 is 5.92. The average molecular weight is 438 g/mol.